The van der Waals surface area contributed by atoms with Gasteiger partial charge in [0, 0.05) is 11.9 Å². The molecule has 0 N–H and O–H groups in total. The molecule has 0 spiro atoms. The maximum Gasteiger partial charge on any atom is 0.207 e. The molecule has 0 atom stereocenters. The second kappa shape index (κ2) is 3.66. The normalized spacial score (nSPS) is 11.5. The Morgan fingerprint density at radius 2 is 2.18 bits per heavy atom. The van der Waals surface area contributed by atoms with Gasteiger partial charge in [0.25, 0.3) is 0 Å². The maximum atomic E-state index is 13.3. The average molecular weight is 248 g/mol. The lowest BCUT2D eigenvalue weighted by Crippen LogP contribution is -1.97. The van der Waals surface area contributed by atoms with Crippen LogP contribution in [0.25, 0.3) is 22.1 Å². The number of hydrogen-bond acceptors (Lipinski definition) is 4. The third kappa shape index (κ3) is 1.48. The highest BCUT2D eigenvalue weighted by atomic mass is 32.1. The smallest absolute Gasteiger partial charge is 0.207 e. The molecule has 17 heavy (non-hydrogen) atoms. The summed E-state index contributed by atoms with van der Waals surface area (Å²) in [4.78, 5) is 4.24. The van der Waals surface area contributed by atoms with Crippen LogP contribution in [0.4, 0.5) is 4.39 Å². The molecule has 1 aromatic carbocycles. The summed E-state index contributed by atoms with van der Waals surface area (Å²) in [6.45, 7) is 2.74. The van der Waals surface area contributed by atoms with Crippen molar-refractivity contribution in [3.8, 4) is 0 Å². The summed E-state index contributed by atoms with van der Waals surface area (Å²) in [5, 5.41) is 8.89. The molecule has 0 fully saturated rings. The minimum absolute atomic E-state index is 0.288. The van der Waals surface area contributed by atoms with Gasteiger partial charge in [-0.3, -0.25) is 0 Å². The van der Waals surface area contributed by atoms with Crippen molar-refractivity contribution in [2.24, 2.45) is 0 Å². The number of nitrogens with zero attached hydrogens (tertiary/aromatic N) is 4. The van der Waals surface area contributed by atoms with E-state index in [0.717, 1.165) is 17.4 Å². The second-order valence-corrected chi connectivity index (χ2v) is 4.09. The number of rotatable bonds is 1. The highest BCUT2D eigenvalue weighted by Gasteiger charge is 2.13. The van der Waals surface area contributed by atoms with E-state index in [1.165, 1.54) is 12.1 Å². The largest absolute Gasteiger partial charge is 0.324 e. The van der Waals surface area contributed by atoms with E-state index in [2.05, 4.69) is 27.8 Å². The van der Waals surface area contributed by atoms with Gasteiger partial charge in [-0.05, 0) is 25.1 Å². The molecular formula is C11H9FN4S. The number of halogens is 1. The van der Waals surface area contributed by atoms with Crippen molar-refractivity contribution in [2.45, 2.75) is 18.6 Å². The molecular weight excluding hydrogens is 239 g/mol. The number of aryl methyl sites for hydroxylation is 1. The maximum absolute atomic E-state index is 13.3. The highest BCUT2D eigenvalue weighted by molar-refractivity contribution is 7.80. The molecule has 3 rings (SSSR count). The summed E-state index contributed by atoms with van der Waals surface area (Å²) in [6.07, 6.45) is 0. The fourth-order valence-electron chi connectivity index (χ4n) is 2.04. The summed E-state index contributed by atoms with van der Waals surface area (Å²) in [7, 11) is 0. The van der Waals surface area contributed by atoms with Crippen molar-refractivity contribution >= 4 is 34.7 Å². The van der Waals surface area contributed by atoms with E-state index in [9.17, 15) is 4.39 Å². The van der Waals surface area contributed by atoms with E-state index >= 15 is 0 Å². The number of hydrogen-bond donors (Lipinski definition) is 1. The Balaban J connectivity index is 2.56. The van der Waals surface area contributed by atoms with E-state index < -0.39 is 0 Å². The van der Waals surface area contributed by atoms with E-state index in [1.807, 2.05) is 11.5 Å². The monoisotopic (exact) mass is 248 g/mol. The van der Waals surface area contributed by atoms with Crippen LogP contribution >= 0.6 is 12.6 Å². The van der Waals surface area contributed by atoms with E-state index in [1.54, 1.807) is 6.07 Å². The second-order valence-electron chi connectivity index (χ2n) is 3.69. The summed E-state index contributed by atoms with van der Waals surface area (Å²) in [5.74, 6) is -0.288. The zero-order valence-corrected chi connectivity index (χ0v) is 9.95. The van der Waals surface area contributed by atoms with Gasteiger partial charge in [-0.25, -0.2) is 9.37 Å². The molecule has 0 amide bonds. The van der Waals surface area contributed by atoms with Crippen molar-refractivity contribution in [3.05, 3.63) is 24.0 Å². The van der Waals surface area contributed by atoms with Gasteiger partial charge >= 0.3 is 0 Å². The molecule has 0 aliphatic heterocycles. The topological polar surface area (TPSA) is 43.6 Å². The van der Waals surface area contributed by atoms with Crippen molar-refractivity contribution in [1.29, 1.82) is 0 Å². The minimum atomic E-state index is -0.288. The molecule has 0 bridgehead atoms. The molecule has 0 aliphatic rings. The highest BCUT2D eigenvalue weighted by Crippen LogP contribution is 2.26. The van der Waals surface area contributed by atoms with E-state index in [4.69, 9.17) is 0 Å². The Labute approximate surface area is 102 Å². The first kappa shape index (κ1) is 10.5. The first-order chi connectivity index (χ1) is 8.20. The minimum Gasteiger partial charge on any atom is -0.324 e. The van der Waals surface area contributed by atoms with Crippen LogP contribution in [0.2, 0.25) is 0 Å². The fourth-order valence-corrected chi connectivity index (χ4v) is 2.18. The number of aromatic nitrogens is 4. The van der Waals surface area contributed by atoms with E-state index in [0.29, 0.717) is 16.3 Å². The van der Waals surface area contributed by atoms with Gasteiger partial charge in [0.2, 0.25) is 5.16 Å². The van der Waals surface area contributed by atoms with Crippen molar-refractivity contribution in [3.63, 3.8) is 0 Å². The van der Waals surface area contributed by atoms with Crippen molar-refractivity contribution in [1.82, 2.24) is 19.7 Å². The average Bonchev–Trinajstić information content (AvgIpc) is 2.61. The Morgan fingerprint density at radius 3 is 2.94 bits per heavy atom. The Kier molecular flexibility index (Phi) is 2.25. The van der Waals surface area contributed by atoms with Crippen LogP contribution in [0.15, 0.2) is 23.4 Å². The van der Waals surface area contributed by atoms with Crippen LogP contribution < -0.4 is 0 Å². The zero-order chi connectivity index (χ0) is 12.0. The lowest BCUT2D eigenvalue weighted by Gasteiger charge is -2.00. The third-order valence-corrected chi connectivity index (χ3v) is 2.92. The number of fused-ring (bicyclic) bond motifs is 3. The summed E-state index contributed by atoms with van der Waals surface area (Å²) < 4.78 is 15.2. The van der Waals surface area contributed by atoms with Gasteiger partial charge in [-0.1, -0.05) is 0 Å². The predicted octanol–water partition coefficient (Wildman–Crippen LogP) is 2.43. The number of benzene rings is 1. The number of thiol groups is 1. The van der Waals surface area contributed by atoms with Crippen LogP contribution in [0.5, 0.6) is 0 Å². The van der Waals surface area contributed by atoms with Crippen LogP contribution in [0, 0.1) is 5.82 Å². The first-order valence-corrected chi connectivity index (χ1v) is 5.66. The van der Waals surface area contributed by atoms with Crippen LogP contribution in [-0.2, 0) is 6.54 Å². The Bertz CT molecular complexity index is 722. The molecule has 0 aliphatic carbocycles. The zero-order valence-electron chi connectivity index (χ0n) is 9.05. The molecule has 2 heterocycles. The first-order valence-electron chi connectivity index (χ1n) is 5.22. The third-order valence-electron chi connectivity index (χ3n) is 2.73. The molecule has 3 aromatic rings. The molecule has 2 aromatic heterocycles. The summed E-state index contributed by atoms with van der Waals surface area (Å²) in [5.41, 5.74) is 2.21. The lowest BCUT2D eigenvalue weighted by atomic mass is 10.2. The fraction of sp³-hybridized carbons (Fsp3) is 0.182. The molecule has 86 valence electrons. The van der Waals surface area contributed by atoms with Gasteiger partial charge in [-0.15, -0.1) is 22.8 Å². The molecule has 0 saturated carbocycles. The van der Waals surface area contributed by atoms with Gasteiger partial charge in [-0.2, -0.15) is 0 Å². The summed E-state index contributed by atoms with van der Waals surface area (Å²) in [6, 6.07) is 4.62. The molecule has 6 heteroatoms. The van der Waals surface area contributed by atoms with Crippen molar-refractivity contribution in [2.75, 3.05) is 0 Å². The van der Waals surface area contributed by atoms with Crippen LogP contribution in [-0.4, -0.2) is 19.7 Å². The van der Waals surface area contributed by atoms with Gasteiger partial charge in [0.1, 0.15) is 11.3 Å². The van der Waals surface area contributed by atoms with Gasteiger partial charge in [0.05, 0.1) is 5.52 Å². The quantitative estimate of drug-likeness (QED) is 0.673. The van der Waals surface area contributed by atoms with Crippen LogP contribution in [0.1, 0.15) is 6.92 Å². The molecule has 0 saturated heterocycles. The van der Waals surface area contributed by atoms with Crippen LogP contribution in [0.3, 0.4) is 0 Å². The molecule has 4 nitrogen and oxygen atoms in total. The predicted molar refractivity (Wildman–Crippen MR) is 65.7 cm³/mol. The Morgan fingerprint density at radius 1 is 1.35 bits per heavy atom. The Hall–Kier alpha value is -1.69. The van der Waals surface area contributed by atoms with Gasteiger partial charge < -0.3 is 4.57 Å². The SMILES string of the molecule is CCn1c2ccc(F)cc2c2nnc(S)nc21. The van der Waals surface area contributed by atoms with E-state index in [-0.39, 0.29) is 5.82 Å². The van der Waals surface area contributed by atoms with Crippen molar-refractivity contribution < 1.29 is 4.39 Å². The molecule has 0 unspecified atom stereocenters. The lowest BCUT2D eigenvalue weighted by molar-refractivity contribution is 0.629. The summed E-state index contributed by atoms with van der Waals surface area (Å²) >= 11 is 4.08. The standard InChI is InChI=1S/C11H9FN4S/c1-2-16-8-4-3-6(12)5-7(8)9-10(16)13-11(17)15-14-9/h3-5H,2H2,1H3,(H,13,15,17). The molecule has 0 radical (unpaired) electrons. The van der Waals surface area contributed by atoms with Gasteiger partial charge in [0.15, 0.2) is 5.65 Å².